The van der Waals surface area contributed by atoms with Gasteiger partial charge >= 0.3 is 0 Å². The number of nitrogens with two attached hydrogens (primary N) is 2. The van der Waals surface area contributed by atoms with Gasteiger partial charge in [0.05, 0.1) is 0 Å². The number of nitrogens with zero attached hydrogens (tertiary/aromatic N) is 1. The zero-order valence-corrected chi connectivity index (χ0v) is 13.5. The van der Waals surface area contributed by atoms with Gasteiger partial charge in [0.2, 0.25) is 5.91 Å². The third-order valence-electron chi connectivity index (χ3n) is 3.96. The predicted octanol–water partition coefficient (Wildman–Crippen LogP) is 2.23. The van der Waals surface area contributed by atoms with Gasteiger partial charge in [-0.05, 0) is 32.4 Å². The van der Waals surface area contributed by atoms with Gasteiger partial charge in [0.25, 0.3) is 0 Å². The van der Waals surface area contributed by atoms with E-state index in [0.717, 1.165) is 18.5 Å². The number of hydrogen-bond donors (Lipinski definition) is 2. The highest BCUT2D eigenvalue weighted by atomic mass is 16.1. The maximum absolute atomic E-state index is 12.0. The third kappa shape index (κ3) is 4.83. The van der Waals surface area contributed by atoms with Gasteiger partial charge in [-0.1, -0.05) is 50.1 Å². The van der Waals surface area contributed by atoms with E-state index in [2.05, 4.69) is 25.7 Å². The monoisotopic (exact) mass is 291 g/mol. The van der Waals surface area contributed by atoms with Gasteiger partial charge in [0, 0.05) is 12.6 Å². The molecule has 0 saturated heterocycles. The summed E-state index contributed by atoms with van der Waals surface area (Å²) >= 11 is 0. The molecule has 4 N–H and O–H groups in total. The second-order valence-corrected chi connectivity index (χ2v) is 5.97. The Morgan fingerprint density at radius 2 is 1.86 bits per heavy atom. The van der Waals surface area contributed by atoms with Gasteiger partial charge in [0.15, 0.2) is 0 Å². The summed E-state index contributed by atoms with van der Waals surface area (Å²) < 4.78 is 0. The van der Waals surface area contributed by atoms with Crippen molar-refractivity contribution in [2.45, 2.75) is 51.6 Å². The van der Waals surface area contributed by atoms with E-state index in [4.69, 9.17) is 11.5 Å². The molecule has 0 spiro atoms. The molecule has 1 unspecified atom stereocenters. The summed E-state index contributed by atoms with van der Waals surface area (Å²) in [5.74, 6) is -0.477. The molecule has 4 nitrogen and oxygen atoms in total. The van der Waals surface area contributed by atoms with Crippen LogP contribution in [-0.2, 0) is 10.3 Å². The summed E-state index contributed by atoms with van der Waals surface area (Å²) in [4.78, 5) is 14.2. The molecule has 0 aliphatic carbocycles. The fourth-order valence-electron chi connectivity index (χ4n) is 2.45. The summed E-state index contributed by atoms with van der Waals surface area (Å²) in [5.41, 5.74) is 11.6. The van der Waals surface area contributed by atoms with Crippen molar-refractivity contribution in [1.82, 2.24) is 4.90 Å². The summed E-state index contributed by atoms with van der Waals surface area (Å²) in [6.45, 7) is 7.81. The Bertz CT molecular complexity index is 433. The number of benzene rings is 1. The van der Waals surface area contributed by atoms with Crippen LogP contribution in [0, 0.1) is 0 Å². The lowest BCUT2D eigenvalue weighted by Gasteiger charge is -2.35. The Balaban J connectivity index is 2.92. The number of rotatable bonds is 9. The van der Waals surface area contributed by atoms with Crippen molar-refractivity contribution in [2.75, 3.05) is 13.1 Å². The minimum Gasteiger partial charge on any atom is -0.368 e. The Kier molecular flexibility index (Phi) is 6.85. The molecule has 1 aromatic rings. The average molecular weight is 291 g/mol. The van der Waals surface area contributed by atoms with E-state index in [1.54, 1.807) is 0 Å². The number of hydrogen-bond acceptors (Lipinski definition) is 3. The summed E-state index contributed by atoms with van der Waals surface area (Å²) in [6, 6.07) is 9.75. The molecule has 0 aromatic heterocycles. The quantitative estimate of drug-likeness (QED) is 0.685. The van der Waals surface area contributed by atoms with Gasteiger partial charge < -0.3 is 11.5 Å². The number of primary amides is 1. The Morgan fingerprint density at radius 1 is 1.24 bits per heavy atom. The van der Waals surface area contributed by atoms with Crippen molar-refractivity contribution < 1.29 is 4.79 Å². The molecule has 1 aromatic carbocycles. The van der Waals surface area contributed by atoms with Crippen LogP contribution in [0.3, 0.4) is 0 Å². The number of unbranched alkanes of at least 4 members (excludes halogenated alkanes) is 2. The van der Waals surface area contributed by atoms with Gasteiger partial charge in [-0.3, -0.25) is 9.69 Å². The van der Waals surface area contributed by atoms with E-state index in [1.165, 1.54) is 12.8 Å². The minimum atomic E-state index is -1.14. The third-order valence-corrected chi connectivity index (χ3v) is 3.96. The van der Waals surface area contributed by atoms with Crippen LogP contribution in [0.4, 0.5) is 0 Å². The SMILES string of the molecule is CCCCCN(CC(N)(C(N)=O)c1ccccc1)C(C)C. The second kappa shape index (κ2) is 8.15. The normalized spacial score (nSPS) is 14.4. The lowest BCUT2D eigenvalue weighted by atomic mass is 9.89. The van der Waals surface area contributed by atoms with Crippen LogP contribution < -0.4 is 11.5 Å². The van der Waals surface area contributed by atoms with Crippen molar-refractivity contribution in [3.05, 3.63) is 35.9 Å². The Hall–Kier alpha value is -1.39. The topological polar surface area (TPSA) is 72.3 Å². The Labute approximate surface area is 128 Å². The summed E-state index contributed by atoms with van der Waals surface area (Å²) in [6.07, 6.45) is 3.47. The van der Waals surface area contributed by atoms with E-state index in [1.807, 2.05) is 30.3 Å². The minimum absolute atomic E-state index is 0.327. The molecular weight excluding hydrogens is 262 g/mol. The van der Waals surface area contributed by atoms with Crippen LogP contribution in [0.15, 0.2) is 30.3 Å². The zero-order valence-electron chi connectivity index (χ0n) is 13.5. The van der Waals surface area contributed by atoms with Crippen LogP contribution in [0.1, 0.15) is 45.6 Å². The Morgan fingerprint density at radius 3 is 2.33 bits per heavy atom. The smallest absolute Gasteiger partial charge is 0.243 e. The lowest BCUT2D eigenvalue weighted by Crippen LogP contribution is -2.57. The van der Waals surface area contributed by atoms with Crippen molar-refractivity contribution in [1.29, 1.82) is 0 Å². The van der Waals surface area contributed by atoms with Gasteiger partial charge in [-0.15, -0.1) is 0 Å². The number of carbonyl (C=O) groups excluding carboxylic acids is 1. The summed E-state index contributed by atoms with van der Waals surface area (Å²) in [7, 11) is 0. The molecule has 0 radical (unpaired) electrons. The molecule has 1 amide bonds. The first-order valence-electron chi connectivity index (χ1n) is 7.80. The zero-order chi connectivity index (χ0) is 15.9. The highest BCUT2D eigenvalue weighted by Gasteiger charge is 2.36. The molecule has 0 aliphatic heterocycles. The lowest BCUT2D eigenvalue weighted by molar-refractivity contribution is -0.124. The van der Waals surface area contributed by atoms with Crippen molar-refractivity contribution in [3.63, 3.8) is 0 Å². The molecule has 1 atom stereocenters. The molecular formula is C17H29N3O. The second-order valence-electron chi connectivity index (χ2n) is 5.97. The maximum Gasteiger partial charge on any atom is 0.243 e. The van der Waals surface area contributed by atoms with E-state index in [9.17, 15) is 4.79 Å². The molecule has 1 rings (SSSR count). The van der Waals surface area contributed by atoms with E-state index < -0.39 is 11.4 Å². The number of carbonyl (C=O) groups is 1. The fourth-order valence-corrected chi connectivity index (χ4v) is 2.45. The predicted molar refractivity (Wildman–Crippen MR) is 87.7 cm³/mol. The van der Waals surface area contributed by atoms with Crippen LogP contribution >= 0.6 is 0 Å². The molecule has 21 heavy (non-hydrogen) atoms. The van der Waals surface area contributed by atoms with Gasteiger partial charge in [-0.25, -0.2) is 0 Å². The molecule has 0 aliphatic rings. The molecule has 0 fully saturated rings. The van der Waals surface area contributed by atoms with Crippen LogP contribution in [-0.4, -0.2) is 29.9 Å². The molecule has 0 bridgehead atoms. The van der Waals surface area contributed by atoms with Crippen LogP contribution in [0.5, 0.6) is 0 Å². The molecule has 4 heteroatoms. The molecule has 118 valence electrons. The van der Waals surface area contributed by atoms with E-state index >= 15 is 0 Å². The van der Waals surface area contributed by atoms with Gasteiger partial charge in [0.1, 0.15) is 5.54 Å². The van der Waals surface area contributed by atoms with E-state index in [0.29, 0.717) is 12.6 Å². The van der Waals surface area contributed by atoms with Crippen molar-refractivity contribution in [3.8, 4) is 0 Å². The largest absolute Gasteiger partial charge is 0.368 e. The fraction of sp³-hybridized carbons (Fsp3) is 0.588. The van der Waals surface area contributed by atoms with E-state index in [-0.39, 0.29) is 0 Å². The average Bonchev–Trinajstić information content (AvgIpc) is 2.46. The first-order valence-corrected chi connectivity index (χ1v) is 7.80. The number of amides is 1. The maximum atomic E-state index is 12.0. The molecule has 0 saturated carbocycles. The highest BCUT2D eigenvalue weighted by Crippen LogP contribution is 2.21. The van der Waals surface area contributed by atoms with Crippen LogP contribution in [0.25, 0.3) is 0 Å². The van der Waals surface area contributed by atoms with Crippen LogP contribution in [0.2, 0.25) is 0 Å². The standard InChI is InChI=1S/C17H29N3O/c1-4-5-9-12-20(14(2)3)13-17(19,16(18)21)15-10-7-6-8-11-15/h6-8,10-11,14H,4-5,9,12-13,19H2,1-3H3,(H2,18,21). The molecule has 0 heterocycles. The van der Waals surface area contributed by atoms with Crippen molar-refractivity contribution >= 4 is 5.91 Å². The first kappa shape index (κ1) is 17.7. The first-order chi connectivity index (χ1) is 9.91. The van der Waals surface area contributed by atoms with Crippen molar-refractivity contribution in [2.24, 2.45) is 11.5 Å². The summed E-state index contributed by atoms with van der Waals surface area (Å²) in [5, 5.41) is 0. The highest BCUT2D eigenvalue weighted by molar-refractivity contribution is 5.86. The van der Waals surface area contributed by atoms with Gasteiger partial charge in [-0.2, -0.15) is 0 Å².